The van der Waals surface area contributed by atoms with Gasteiger partial charge >= 0.3 is 0 Å². The fourth-order valence-electron chi connectivity index (χ4n) is 1.95. The third-order valence-corrected chi connectivity index (χ3v) is 3.70. The Hall–Kier alpha value is -1.59. The van der Waals surface area contributed by atoms with Gasteiger partial charge < -0.3 is 10.3 Å². The van der Waals surface area contributed by atoms with Gasteiger partial charge in [-0.2, -0.15) is 0 Å². The molecule has 0 spiro atoms. The molecule has 0 aliphatic heterocycles. The third-order valence-electron chi connectivity index (χ3n) is 2.81. The van der Waals surface area contributed by atoms with Crippen molar-refractivity contribution in [2.24, 2.45) is 12.8 Å². The van der Waals surface area contributed by atoms with Crippen LogP contribution in [0.3, 0.4) is 0 Å². The maximum absolute atomic E-state index is 5.60. The van der Waals surface area contributed by atoms with Crippen LogP contribution in [0.2, 0.25) is 0 Å². The van der Waals surface area contributed by atoms with Gasteiger partial charge in [-0.25, -0.2) is 4.98 Å². The summed E-state index contributed by atoms with van der Waals surface area (Å²) in [6.07, 6.45) is 7.09. The fraction of sp³-hybridized carbons (Fsp3) is 0.250. The number of aryl methyl sites for hydroxylation is 1. The molecular weight excluding hydrogens is 232 g/mol. The number of nitrogens with two attached hydrogens (primary N) is 1. The van der Waals surface area contributed by atoms with E-state index >= 15 is 0 Å². The predicted molar refractivity (Wildman–Crippen MR) is 70.2 cm³/mol. The van der Waals surface area contributed by atoms with Crippen LogP contribution in [-0.4, -0.2) is 20.5 Å². The highest BCUT2D eigenvalue weighted by atomic mass is 32.1. The van der Waals surface area contributed by atoms with Crippen LogP contribution in [0.25, 0.3) is 16.2 Å². The van der Waals surface area contributed by atoms with Crippen molar-refractivity contribution in [3.63, 3.8) is 0 Å². The van der Waals surface area contributed by atoms with Gasteiger partial charge in [0.1, 0.15) is 0 Å². The quantitative estimate of drug-likeness (QED) is 0.767. The van der Waals surface area contributed by atoms with Gasteiger partial charge in [-0.1, -0.05) is 0 Å². The lowest BCUT2D eigenvalue weighted by Gasteiger charge is -1.94. The maximum atomic E-state index is 5.60. The number of imidazole rings is 1. The topological polar surface area (TPSA) is 48.2 Å². The third kappa shape index (κ3) is 1.77. The lowest BCUT2D eigenvalue weighted by molar-refractivity contribution is 0.909. The Morgan fingerprint density at radius 3 is 3.00 bits per heavy atom. The first kappa shape index (κ1) is 10.6. The lowest BCUT2D eigenvalue weighted by atomic mass is 10.3. The summed E-state index contributed by atoms with van der Waals surface area (Å²) in [7, 11) is 2.02. The summed E-state index contributed by atoms with van der Waals surface area (Å²) >= 11 is 1.67. The summed E-state index contributed by atoms with van der Waals surface area (Å²) in [4.78, 5) is 5.66. The Labute approximate surface area is 103 Å². The molecule has 5 heteroatoms. The Kier molecular flexibility index (Phi) is 2.49. The second-order valence-electron chi connectivity index (χ2n) is 4.11. The highest BCUT2D eigenvalue weighted by molar-refractivity contribution is 7.15. The van der Waals surface area contributed by atoms with E-state index in [0.717, 1.165) is 22.6 Å². The molecule has 2 N–H and O–H groups in total. The molecule has 0 fully saturated rings. The average molecular weight is 246 g/mol. The second-order valence-corrected chi connectivity index (χ2v) is 4.95. The number of hydrogen-bond donors (Lipinski definition) is 1. The minimum Gasteiger partial charge on any atom is -0.357 e. The first-order chi connectivity index (χ1) is 8.28. The predicted octanol–water partition coefficient (Wildman–Crippen LogP) is 1.90. The molecule has 3 heterocycles. The van der Waals surface area contributed by atoms with E-state index in [2.05, 4.69) is 33.2 Å². The van der Waals surface area contributed by atoms with Gasteiger partial charge in [0.05, 0.1) is 5.69 Å². The molecule has 0 aliphatic rings. The Bertz CT molecular complexity index is 646. The van der Waals surface area contributed by atoms with Crippen LogP contribution in [0.5, 0.6) is 0 Å². The minimum absolute atomic E-state index is 0.671. The Morgan fingerprint density at radius 1 is 1.41 bits per heavy atom. The van der Waals surface area contributed by atoms with Crippen LogP contribution in [-0.2, 0) is 13.5 Å². The first-order valence-electron chi connectivity index (χ1n) is 5.56. The molecule has 0 unspecified atom stereocenters. The Balaban J connectivity index is 2.07. The summed E-state index contributed by atoms with van der Waals surface area (Å²) in [5.41, 5.74) is 9.02. The molecule has 3 rings (SSSR count). The molecule has 0 atom stereocenters. The largest absolute Gasteiger partial charge is 0.357 e. The molecule has 4 nitrogen and oxygen atoms in total. The van der Waals surface area contributed by atoms with E-state index < -0.39 is 0 Å². The molecule has 0 saturated heterocycles. The number of fused-ring (bicyclic) bond motifs is 1. The Morgan fingerprint density at radius 2 is 2.29 bits per heavy atom. The number of rotatable bonds is 3. The number of aromatic nitrogens is 3. The molecule has 0 amide bonds. The van der Waals surface area contributed by atoms with Crippen molar-refractivity contribution >= 4 is 16.3 Å². The van der Waals surface area contributed by atoms with Crippen molar-refractivity contribution < 1.29 is 0 Å². The van der Waals surface area contributed by atoms with Crippen LogP contribution < -0.4 is 5.73 Å². The summed E-state index contributed by atoms with van der Waals surface area (Å²) in [6.45, 7) is 0.671. The van der Waals surface area contributed by atoms with E-state index in [9.17, 15) is 0 Å². The smallest absolute Gasteiger partial charge is 0.194 e. The van der Waals surface area contributed by atoms with Gasteiger partial charge in [0.15, 0.2) is 4.96 Å². The van der Waals surface area contributed by atoms with E-state index in [-0.39, 0.29) is 0 Å². The molecule has 0 saturated carbocycles. The molecule has 0 aliphatic carbocycles. The zero-order valence-electron chi connectivity index (χ0n) is 9.63. The zero-order chi connectivity index (χ0) is 11.8. The summed E-state index contributed by atoms with van der Waals surface area (Å²) < 4.78 is 4.17. The molecule has 3 aromatic heterocycles. The van der Waals surface area contributed by atoms with Crippen LogP contribution in [0.15, 0.2) is 30.0 Å². The molecule has 0 aromatic carbocycles. The van der Waals surface area contributed by atoms with Gasteiger partial charge in [0, 0.05) is 48.7 Å². The highest BCUT2D eigenvalue weighted by Gasteiger charge is 2.09. The van der Waals surface area contributed by atoms with Crippen molar-refractivity contribution in [3.05, 3.63) is 35.7 Å². The van der Waals surface area contributed by atoms with Crippen LogP contribution >= 0.6 is 11.3 Å². The molecule has 88 valence electrons. The lowest BCUT2D eigenvalue weighted by Crippen LogP contribution is -2.04. The number of thiazole rings is 1. The van der Waals surface area contributed by atoms with Crippen molar-refractivity contribution in [1.29, 1.82) is 0 Å². The highest BCUT2D eigenvalue weighted by Crippen LogP contribution is 2.23. The number of hydrogen-bond acceptors (Lipinski definition) is 3. The van der Waals surface area contributed by atoms with E-state index in [4.69, 9.17) is 5.73 Å². The average Bonchev–Trinajstić information content (AvgIpc) is 2.95. The van der Waals surface area contributed by atoms with Gasteiger partial charge in [-0.3, -0.25) is 4.40 Å². The molecule has 3 aromatic rings. The van der Waals surface area contributed by atoms with Crippen LogP contribution in [0, 0.1) is 0 Å². The molecule has 0 bridgehead atoms. The van der Waals surface area contributed by atoms with Gasteiger partial charge in [-0.15, -0.1) is 11.3 Å². The van der Waals surface area contributed by atoms with Crippen molar-refractivity contribution in [2.75, 3.05) is 6.54 Å². The summed E-state index contributed by atoms with van der Waals surface area (Å²) in [6, 6.07) is 2.08. The van der Waals surface area contributed by atoms with Crippen LogP contribution in [0.4, 0.5) is 0 Å². The van der Waals surface area contributed by atoms with Crippen LogP contribution in [0.1, 0.15) is 5.69 Å². The normalized spacial score (nSPS) is 11.4. The summed E-state index contributed by atoms with van der Waals surface area (Å²) in [5.74, 6) is 0. The van der Waals surface area contributed by atoms with Crippen molar-refractivity contribution in [3.8, 4) is 11.3 Å². The monoisotopic (exact) mass is 246 g/mol. The zero-order valence-corrected chi connectivity index (χ0v) is 10.4. The van der Waals surface area contributed by atoms with E-state index in [0.29, 0.717) is 6.54 Å². The SMILES string of the molecule is Cn1ccc(-c2cn3c(CCN)csc3n2)c1. The standard InChI is InChI=1S/C12H14N4S/c1-15-5-3-9(6-15)11-7-16-10(2-4-13)8-17-12(16)14-11/h3,5-8H,2,4,13H2,1H3. The minimum atomic E-state index is 0.671. The molecule has 0 radical (unpaired) electrons. The first-order valence-corrected chi connectivity index (χ1v) is 6.44. The van der Waals surface area contributed by atoms with E-state index in [1.165, 1.54) is 5.69 Å². The van der Waals surface area contributed by atoms with Gasteiger partial charge in [0.25, 0.3) is 0 Å². The van der Waals surface area contributed by atoms with Gasteiger partial charge in [-0.05, 0) is 12.6 Å². The fourth-order valence-corrected chi connectivity index (χ4v) is 2.86. The van der Waals surface area contributed by atoms with E-state index in [1.807, 2.05) is 17.8 Å². The van der Waals surface area contributed by atoms with E-state index in [1.54, 1.807) is 11.3 Å². The summed E-state index contributed by atoms with van der Waals surface area (Å²) in [5, 5.41) is 2.13. The molecular formula is C12H14N4S. The van der Waals surface area contributed by atoms with Gasteiger partial charge in [0.2, 0.25) is 0 Å². The van der Waals surface area contributed by atoms with Crippen molar-refractivity contribution in [1.82, 2.24) is 14.0 Å². The second kappa shape index (κ2) is 4.01. The maximum Gasteiger partial charge on any atom is 0.194 e. The number of nitrogens with zero attached hydrogens (tertiary/aromatic N) is 3. The van der Waals surface area contributed by atoms with Crippen molar-refractivity contribution in [2.45, 2.75) is 6.42 Å². The molecule has 17 heavy (non-hydrogen) atoms.